The van der Waals surface area contributed by atoms with Crippen molar-refractivity contribution in [2.45, 2.75) is 19.8 Å². The van der Waals surface area contributed by atoms with E-state index in [0.29, 0.717) is 0 Å². The van der Waals surface area contributed by atoms with E-state index in [4.69, 9.17) is 0 Å². The van der Waals surface area contributed by atoms with Crippen LogP contribution in [0, 0.1) is 0 Å². The van der Waals surface area contributed by atoms with Gasteiger partial charge in [0.25, 0.3) is 0 Å². The van der Waals surface area contributed by atoms with Crippen LogP contribution in [-0.2, 0) is 0 Å². The molecule has 2 heteroatoms. The molecule has 0 aliphatic carbocycles. The molecule has 0 unspecified atom stereocenters. The SMILES string of the molecule is CCCSCCCN(C)C. The molecular formula is C8H19NS. The van der Waals surface area contributed by atoms with Crippen LogP contribution in [0.5, 0.6) is 0 Å². The van der Waals surface area contributed by atoms with Crippen molar-refractivity contribution in [2.24, 2.45) is 0 Å². The first-order valence-electron chi connectivity index (χ1n) is 4.00. The molecule has 0 aromatic rings. The number of hydrogen-bond acceptors (Lipinski definition) is 2. The molecule has 0 spiro atoms. The second kappa shape index (κ2) is 7.42. The standard InChI is InChI=1S/C8H19NS/c1-4-7-10-8-5-6-9(2)3/h4-8H2,1-3H3. The van der Waals surface area contributed by atoms with Gasteiger partial charge < -0.3 is 4.90 Å². The lowest BCUT2D eigenvalue weighted by molar-refractivity contribution is 0.410. The summed E-state index contributed by atoms with van der Waals surface area (Å²) in [6.45, 7) is 3.47. The second-order valence-corrected chi connectivity index (χ2v) is 3.99. The Labute approximate surface area is 69.2 Å². The summed E-state index contributed by atoms with van der Waals surface area (Å²) in [7, 11) is 4.26. The lowest BCUT2D eigenvalue weighted by atomic mass is 10.5. The minimum Gasteiger partial charge on any atom is -0.309 e. The molecule has 0 aliphatic rings. The summed E-state index contributed by atoms with van der Waals surface area (Å²) in [6, 6.07) is 0. The Bertz CT molecular complexity index is 64.3. The van der Waals surface area contributed by atoms with Gasteiger partial charge in [-0.25, -0.2) is 0 Å². The van der Waals surface area contributed by atoms with E-state index in [9.17, 15) is 0 Å². The fraction of sp³-hybridized carbons (Fsp3) is 1.00. The predicted octanol–water partition coefficient (Wildman–Crippen LogP) is 2.08. The molecule has 0 heterocycles. The van der Waals surface area contributed by atoms with E-state index in [1.807, 2.05) is 0 Å². The highest BCUT2D eigenvalue weighted by Gasteiger charge is 1.89. The van der Waals surface area contributed by atoms with Crippen LogP contribution >= 0.6 is 11.8 Å². The van der Waals surface area contributed by atoms with Crippen molar-refractivity contribution in [1.82, 2.24) is 4.90 Å². The third-order valence-corrected chi connectivity index (χ3v) is 2.52. The van der Waals surface area contributed by atoms with E-state index in [2.05, 4.69) is 37.7 Å². The number of rotatable bonds is 6. The molecule has 62 valence electrons. The molecule has 0 saturated heterocycles. The summed E-state index contributed by atoms with van der Waals surface area (Å²) in [4.78, 5) is 2.24. The normalized spacial score (nSPS) is 10.8. The van der Waals surface area contributed by atoms with Crippen molar-refractivity contribution in [3.8, 4) is 0 Å². The molecule has 0 fully saturated rings. The lowest BCUT2D eigenvalue weighted by Crippen LogP contribution is -2.13. The van der Waals surface area contributed by atoms with E-state index in [-0.39, 0.29) is 0 Å². The lowest BCUT2D eigenvalue weighted by Gasteiger charge is -2.07. The average Bonchev–Trinajstić information content (AvgIpc) is 1.87. The van der Waals surface area contributed by atoms with Gasteiger partial charge in [0.15, 0.2) is 0 Å². The molecule has 10 heavy (non-hydrogen) atoms. The minimum atomic E-state index is 1.23. The van der Waals surface area contributed by atoms with Crippen LogP contribution in [0.1, 0.15) is 19.8 Å². The molecule has 0 aliphatic heterocycles. The van der Waals surface area contributed by atoms with Crippen molar-refractivity contribution in [2.75, 3.05) is 32.1 Å². The van der Waals surface area contributed by atoms with Gasteiger partial charge in [0.2, 0.25) is 0 Å². The zero-order chi connectivity index (χ0) is 7.82. The van der Waals surface area contributed by atoms with Gasteiger partial charge in [-0.05, 0) is 45.0 Å². The smallest absolute Gasteiger partial charge is 0.00170 e. The van der Waals surface area contributed by atoms with E-state index in [1.54, 1.807) is 0 Å². The van der Waals surface area contributed by atoms with Gasteiger partial charge >= 0.3 is 0 Å². The van der Waals surface area contributed by atoms with E-state index in [0.717, 1.165) is 0 Å². The molecule has 0 saturated carbocycles. The van der Waals surface area contributed by atoms with Crippen molar-refractivity contribution < 1.29 is 0 Å². The first-order valence-corrected chi connectivity index (χ1v) is 5.15. The highest BCUT2D eigenvalue weighted by molar-refractivity contribution is 7.99. The predicted molar refractivity (Wildman–Crippen MR) is 50.8 cm³/mol. The van der Waals surface area contributed by atoms with Crippen molar-refractivity contribution in [3.05, 3.63) is 0 Å². The zero-order valence-electron chi connectivity index (χ0n) is 7.39. The third-order valence-electron chi connectivity index (χ3n) is 1.24. The summed E-state index contributed by atoms with van der Waals surface area (Å²) >= 11 is 2.07. The second-order valence-electron chi connectivity index (χ2n) is 2.77. The Kier molecular flexibility index (Phi) is 7.65. The molecule has 0 aromatic heterocycles. The van der Waals surface area contributed by atoms with Gasteiger partial charge in [0.1, 0.15) is 0 Å². The molecule has 0 rings (SSSR count). The molecule has 0 atom stereocenters. The van der Waals surface area contributed by atoms with Crippen LogP contribution in [0.15, 0.2) is 0 Å². The summed E-state index contributed by atoms with van der Waals surface area (Å²) in [5.41, 5.74) is 0. The monoisotopic (exact) mass is 161 g/mol. The van der Waals surface area contributed by atoms with Gasteiger partial charge in [-0.2, -0.15) is 11.8 Å². The third kappa shape index (κ3) is 8.31. The zero-order valence-corrected chi connectivity index (χ0v) is 8.21. The summed E-state index contributed by atoms with van der Waals surface area (Å²) < 4.78 is 0. The van der Waals surface area contributed by atoms with Crippen molar-refractivity contribution in [3.63, 3.8) is 0 Å². The van der Waals surface area contributed by atoms with Gasteiger partial charge in [-0.15, -0.1) is 0 Å². The number of thioether (sulfide) groups is 1. The maximum absolute atomic E-state index is 2.24. The summed E-state index contributed by atoms with van der Waals surface area (Å²) in [5, 5.41) is 0. The Morgan fingerprint density at radius 3 is 2.40 bits per heavy atom. The highest BCUT2D eigenvalue weighted by atomic mass is 32.2. The van der Waals surface area contributed by atoms with Crippen molar-refractivity contribution in [1.29, 1.82) is 0 Å². The van der Waals surface area contributed by atoms with Crippen LogP contribution in [0.2, 0.25) is 0 Å². The molecule has 0 bridgehead atoms. The van der Waals surface area contributed by atoms with Crippen LogP contribution < -0.4 is 0 Å². The Hall–Kier alpha value is 0.310. The molecule has 0 aromatic carbocycles. The molecule has 0 radical (unpaired) electrons. The first-order chi connectivity index (χ1) is 4.77. The number of hydrogen-bond donors (Lipinski definition) is 0. The quantitative estimate of drug-likeness (QED) is 0.549. The molecule has 0 N–H and O–H groups in total. The van der Waals surface area contributed by atoms with E-state index < -0.39 is 0 Å². The highest BCUT2D eigenvalue weighted by Crippen LogP contribution is 2.03. The summed E-state index contributed by atoms with van der Waals surface area (Å²) in [5.74, 6) is 2.65. The molecule has 0 amide bonds. The molecule has 1 nitrogen and oxygen atoms in total. The van der Waals surface area contributed by atoms with E-state index >= 15 is 0 Å². The van der Waals surface area contributed by atoms with Crippen LogP contribution in [-0.4, -0.2) is 37.0 Å². The average molecular weight is 161 g/mol. The van der Waals surface area contributed by atoms with Gasteiger partial charge in [0, 0.05) is 0 Å². The fourth-order valence-electron chi connectivity index (χ4n) is 0.729. The van der Waals surface area contributed by atoms with Crippen molar-refractivity contribution >= 4 is 11.8 Å². The van der Waals surface area contributed by atoms with Crippen LogP contribution in [0.4, 0.5) is 0 Å². The maximum atomic E-state index is 2.24. The van der Waals surface area contributed by atoms with Gasteiger partial charge in [-0.1, -0.05) is 6.92 Å². The first kappa shape index (κ1) is 10.3. The van der Waals surface area contributed by atoms with Crippen LogP contribution in [0.25, 0.3) is 0 Å². The largest absolute Gasteiger partial charge is 0.309 e. The van der Waals surface area contributed by atoms with Gasteiger partial charge in [0.05, 0.1) is 0 Å². The number of nitrogens with zero attached hydrogens (tertiary/aromatic N) is 1. The summed E-state index contributed by atoms with van der Waals surface area (Å²) in [6.07, 6.45) is 2.64. The minimum absolute atomic E-state index is 1.23. The van der Waals surface area contributed by atoms with E-state index in [1.165, 1.54) is 30.9 Å². The van der Waals surface area contributed by atoms with Crippen LogP contribution in [0.3, 0.4) is 0 Å². The molecular weight excluding hydrogens is 142 g/mol. The fourth-order valence-corrected chi connectivity index (χ4v) is 1.56. The van der Waals surface area contributed by atoms with Gasteiger partial charge in [-0.3, -0.25) is 0 Å². The maximum Gasteiger partial charge on any atom is -0.00170 e. The Balaban J connectivity index is 2.77. The Morgan fingerprint density at radius 1 is 1.20 bits per heavy atom. The Morgan fingerprint density at radius 2 is 1.90 bits per heavy atom. The topological polar surface area (TPSA) is 3.24 Å².